The highest BCUT2D eigenvalue weighted by Crippen LogP contribution is 2.54. The minimum atomic E-state index is -0.294. The fourth-order valence-electron chi connectivity index (χ4n) is 3.77. The van der Waals surface area contributed by atoms with E-state index < -0.39 is 0 Å². The van der Waals surface area contributed by atoms with E-state index in [4.69, 9.17) is 21.1 Å². The molecule has 0 N–H and O–H groups in total. The van der Waals surface area contributed by atoms with Crippen LogP contribution in [0.5, 0.6) is 0 Å². The molecule has 1 saturated carbocycles. The number of rotatable bonds is 5. The van der Waals surface area contributed by atoms with Crippen molar-refractivity contribution in [2.24, 2.45) is 5.92 Å². The molecule has 144 valence electrons. The molecule has 7 heteroatoms. The van der Waals surface area contributed by atoms with Gasteiger partial charge in [0.25, 0.3) is 0 Å². The minimum Gasteiger partial charge on any atom is -0.463 e. The zero-order chi connectivity index (χ0) is 19.0. The number of nitrogens with zero attached hydrogens (tertiary/aromatic N) is 2. The van der Waals surface area contributed by atoms with Crippen molar-refractivity contribution < 1.29 is 14.3 Å². The first-order chi connectivity index (χ1) is 13.1. The maximum atomic E-state index is 11.5. The van der Waals surface area contributed by atoms with Crippen molar-refractivity contribution in [2.75, 3.05) is 13.2 Å². The summed E-state index contributed by atoms with van der Waals surface area (Å²) < 4.78 is 13.8. The second-order valence-electron chi connectivity index (χ2n) is 7.05. The highest BCUT2D eigenvalue weighted by atomic mass is 79.9. The summed E-state index contributed by atoms with van der Waals surface area (Å²) in [5.41, 5.74) is 2.08. The summed E-state index contributed by atoms with van der Waals surface area (Å²) in [7, 11) is 0. The molecule has 1 saturated heterocycles. The van der Waals surface area contributed by atoms with Crippen LogP contribution >= 0.6 is 27.5 Å². The van der Waals surface area contributed by atoms with Gasteiger partial charge in [0.2, 0.25) is 0 Å². The molecule has 1 unspecified atom stereocenters. The van der Waals surface area contributed by atoms with E-state index in [1.54, 1.807) is 6.92 Å². The van der Waals surface area contributed by atoms with E-state index in [1.807, 2.05) is 23.0 Å². The molecule has 1 aliphatic carbocycles. The van der Waals surface area contributed by atoms with Crippen molar-refractivity contribution in [3.63, 3.8) is 0 Å². The molecule has 1 aromatic heterocycles. The van der Waals surface area contributed by atoms with E-state index in [0.717, 1.165) is 58.3 Å². The zero-order valence-electron chi connectivity index (χ0n) is 15.2. The summed E-state index contributed by atoms with van der Waals surface area (Å²) in [6, 6.07) is 1.99. The number of hydrogen-bond acceptors (Lipinski definition) is 4. The normalized spacial score (nSPS) is 25.2. The first-order valence-corrected chi connectivity index (χ1v) is 10.6. The van der Waals surface area contributed by atoms with Crippen molar-refractivity contribution in [3.05, 3.63) is 39.5 Å². The number of esters is 1. The van der Waals surface area contributed by atoms with E-state index in [2.05, 4.69) is 21.0 Å². The predicted octanol–water partition coefficient (Wildman–Crippen LogP) is 5.37. The average Bonchev–Trinajstić information content (AvgIpc) is 3.29. The van der Waals surface area contributed by atoms with Gasteiger partial charge in [-0.15, -0.1) is 0 Å². The fraction of sp³-hybridized carbons (Fsp3) is 0.500. The second-order valence-corrected chi connectivity index (χ2v) is 8.25. The Labute approximate surface area is 171 Å². The molecule has 27 heavy (non-hydrogen) atoms. The zero-order valence-corrected chi connectivity index (χ0v) is 17.5. The van der Waals surface area contributed by atoms with Crippen LogP contribution in [0.1, 0.15) is 50.3 Å². The highest BCUT2D eigenvalue weighted by molar-refractivity contribution is 9.10. The van der Waals surface area contributed by atoms with E-state index in [9.17, 15) is 4.79 Å². The summed E-state index contributed by atoms with van der Waals surface area (Å²) >= 11 is 10.4. The van der Waals surface area contributed by atoms with Crippen LogP contribution in [0.25, 0.3) is 10.9 Å². The van der Waals surface area contributed by atoms with E-state index >= 15 is 0 Å². The lowest BCUT2D eigenvalue weighted by Crippen LogP contribution is -2.18. The van der Waals surface area contributed by atoms with E-state index in [-0.39, 0.29) is 12.2 Å². The number of allylic oxidation sites excluding steroid dienone is 1. The Morgan fingerprint density at radius 3 is 3.11 bits per heavy atom. The molecule has 0 bridgehead atoms. The standard InChI is InChI=1S/C20H22BrClN2O3/c1-2-26-18(25)7-6-12-9-13(12)19-15(22)10-16-14(20(19)21)11-23-24(16)17-5-3-4-8-27-17/h6-7,10-13,17H,2-5,8-9H2,1H3/b7-6+/t12-,13+,17?/m1/s1. The van der Waals surface area contributed by atoms with Crippen LogP contribution < -0.4 is 0 Å². The number of halogens is 2. The number of fused-ring (bicyclic) bond motifs is 1. The number of carbonyl (C=O) groups excluding carboxylic acids is 1. The number of ether oxygens (including phenoxy) is 2. The first kappa shape index (κ1) is 19.0. The maximum absolute atomic E-state index is 11.5. The maximum Gasteiger partial charge on any atom is 0.330 e. The van der Waals surface area contributed by atoms with Crippen molar-refractivity contribution >= 4 is 44.4 Å². The highest BCUT2D eigenvalue weighted by Gasteiger charge is 2.39. The molecule has 0 radical (unpaired) electrons. The van der Waals surface area contributed by atoms with Crippen molar-refractivity contribution in [1.29, 1.82) is 0 Å². The third-order valence-electron chi connectivity index (χ3n) is 5.23. The van der Waals surface area contributed by atoms with Gasteiger partial charge in [0.15, 0.2) is 6.23 Å². The molecule has 2 aliphatic rings. The monoisotopic (exact) mass is 452 g/mol. The van der Waals surface area contributed by atoms with Gasteiger partial charge in [-0.3, -0.25) is 0 Å². The Bertz CT molecular complexity index is 889. The lowest BCUT2D eigenvalue weighted by molar-refractivity contribution is -0.137. The smallest absolute Gasteiger partial charge is 0.330 e. The summed E-state index contributed by atoms with van der Waals surface area (Å²) in [6.07, 6.45) is 9.50. The van der Waals surface area contributed by atoms with Gasteiger partial charge in [-0.25, -0.2) is 9.48 Å². The molecule has 2 aromatic rings. The van der Waals surface area contributed by atoms with Crippen LogP contribution in [0, 0.1) is 5.92 Å². The van der Waals surface area contributed by atoms with Crippen LogP contribution in [0.15, 0.2) is 28.9 Å². The Hall–Kier alpha value is -1.37. The van der Waals surface area contributed by atoms with Gasteiger partial charge in [-0.2, -0.15) is 5.10 Å². The van der Waals surface area contributed by atoms with Crippen LogP contribution in [0.4, 0.5) is 0 Å². The fourth-order valence-corrected chi connectivity index (χ4v) is 5.04. The van der Waals surface area contributed by atoms with Crippen molar-refractivity contribution in [3.8, 4) is 0 Å². The van der Waals surface area contributed by atoms with Crippen LogP contribution in [0.2, 0.25) is 5.02 Å². The largest absolute Gasteiger partial charge is 0.463 e. The van der Waals surface area contributed by atoms with Crippen LogP contribution in [-0.4, -0.2) is 29.0 Å². The molecule has 1 aromatic carbocycles. The Morgan fingerprint density at radius 1 is 1.52 bits per heavy atom. The summed E-state index contributed by atoms with van der Waals surface area (Å²) in [4.78, 5) is 11.5. The third-order valence-corrected chi connectivity index (χ3v) is 6.40. The van der Waals surface area contributed by atoms with Gasteiger partial charge < -0.3 is 9.47 Å². The van der Waals surface area contributed by atoms with E-state index in [0.29, 0.717) is 18.4 Å². The molecule has 2 fully saturated rings. The van der Waals surface area contributed by atoms with E-state index in [1.165, 1.54) is 6.08 Å². The molecule has 5 nitrogen and oxygen atoms in total. The van der Waals surface area contributed by atoms with Gasteiger partial charge >= 0.3 is 5.97 Å². The molecule has 3 atom stereocenters. The molecule has 1 aliphatic heterocycles. The number of carbonyl (C=O) groups is 1. The second kappa shape index (κ2) is 7.94. The lowest BCUT2D eigenvalue weighted by atomic mass is 10.1. The Kier molecular flexibility index (Phi) is 5.58. The van der Waals surface area contributed by atoms with Gasteiger partial charge in [0.05, 0.1) is 18.3 Å². The van der Waals surface area contributed by atoms with Gasteiger partial charge in [-0.05, 0) is 72.0 Å². The van der Waals surface area contributed by atoms with Gasteiger partial charge in [0.1, 0.15) is 0 Å². The lowest BCUT2D eigenvalue weighted by Gasteiger charge is -2.23. The molecular weight excluding hydrogens is 432 g/mol. The molecule has 0 spiro atoms. The van der Waals surface area contributed by atoms with Gasteiger partial charge in [0, 0.05) is 27.6 Å². The summed E-state index contributed by atoms with van der Waals surface area (Å²) in [5, 5.41) is 6.34. The van der Waals surface area contributed by atoms with Crippen LogP contribution in [0.3, 0.4) is 0 Å². The SMILES string of the molecule is CCOC(=O)/C=C/[C@@H]1C[C@@H]1c1c(Cl)cc2c(cnn2C2CCCCO2)c1Br. The first-order valence-electron chi connectivity index (χ1n) is 9.41. The average molecular weight is 454 g/mol. The summed E-state index contributed by atoms with van der Waals surface area (Å²) in [6.45, 7) is 2.96. The number of benzene rings is 1. The van der Waals surface area contributed by atoms with Crippen molar-refractivity contribution in [1.82, 2.24) is 9.78 Å². The number of aromatic nitrogens is 2. The molecule has 4 rings (SSSR count). The van der Waals surface area contributed by atoms with Gasteiger partial charge in [-0.1, -0.05) is 17.7 Å². The number of hydrogen-bond donors (Lipinski definition) is 0. The van der Waals surface area contributed by atoms with Crippen molar-refractivity contribution in [2.45, 2.75) is 44.8 Å². The van der Waals surface area contributed by atoms with Crippen LogP contribution in [-0.2, 0) is 14.3 Å². The summed E-state index contributed by atoms with van der Waals surface area (Å²) in [5.74, 6) is 0.311. The third kappa shape index (κ3) is 3.80. The Morgan fingerprint density at radius 2 is 2.37 bits per heavy atom. The predicted molar refractivity (Wildman–Crippen MR) is 108 cm³/mol. The molecular formula is C20H22BrClN2O3. The topological polar surface area (TPSA) is 53.3 Å². The molecule has 0 amide bonds. The minimum absolute atomic E-state index is 0.0220. The molecule has 2 heterocycles. The Balaban J connectivity index is 1.59. The quantitative estimate of drug-likeness (QED) is 0.451.